The van der Waals surface area contributed by atoms with Crippen molar-refractivity contribution in [1.29, 1.82) is 0 Å². The largest absolute Gasteiger partial charge is 0.341 e. The first-order valence-electron chi connectivity index (χ1n) is 16.3. The molecule has 8 aromatic rings. The maximum Gasteiger partial charge on any atom is 0.0545 e. The smallest absolute Gasteiger partial charge is 0.0545 e. The van der Waals surface area contributed by atoms with Crippen LogP contribution in [0.5, 0.6) is 0 Å². The Morgan fingerprint density at radius 3 is 1.60 bits per heavy atom. The van der Waals surface area contributed by atoms with Gasteiger partial charge >= 0.3 is 0 Å². The molecule has 224 valence electrons. The summed E-state index contributed by atoms with van der Waals surface area (Å²) in [5, 5.41) is 2.55. The molecule has 0 amide bonds. The molecule has 0 fully saturated rings. The van der Waals surface area contributed by atoms with Crippen LogP contribution in [0, 0.1) is 0 Å². The maximum atomic E-state index is 2.47. The standard InChI is InChI=1S/C44H33N3/c1-5-13-35(14-6-1)45-28-27-34-30-44-41(31-43(34)45)40-29-33(23-26-42(40)47(44)38-19-11-4-12-20-38)32-21-24-39(25-22-32)46(36-15-7-2-8-16-36)37-17-9-3-10-18-37/h1-26,29-31H,27-28H2. The predicted molar refractivity (Wildman–Crippen MR) is 198 cm³/mol. The molecule has 9 rings (SSSR count). The molecule has 0 unspecified atom stereocenters. The molecule has 0 atom stereocenters. The second-order valence-corrected chi connectivity index (χ2v) is 12.2. The zero-order valence-corrected chi connectivity index (χ0v) is 26.0. The van der Waals surface area contributed by atoms with Crippen molar-refractivity contribution in [3.05, 3.63) is 181 Å². The topological polar surface area (TPSA) is 11.4 Å². The van der Waals surface area contributed by atoms with E-state index in [4.69, 9.17) is 0 Å². The van der Waals surface area contributed by atoms with Gasteiger partial charge in [-0.3, -0.25) is 0 Å². The highest BCUT2D eigenvalue weighted by Crippen LogP contribution is 2.43. The van der Waals surface area contributed by atoms with E-state index < -0.39 is 0 Å². The summed E-state index contributed by atoms with van der Waals surface area (Å²) in [5.41, 5.74) is 13.4. The van der Waals surface area contributed by atoms with Gasteiger partial charge in [-0.25, -0.2) is 0 Å². The van der Waals surface area contributed by atoms with Crippen LogP contribution in [0.2, 0.25) is 0 Å². The molecule has 0 radical (unpaired) electrons. The monoisotopic (exact) mass is 603 g/mol. The number of para-hydroxylation sites is 4. The fourth-order valence-corrected chi connectivity index (χ4v) is 7.22. The summed E-state index contributed by atoms with van der Waals surface area (Å²) in [6.07, 6.45) is 1.04. The summed E-state index contributed by atoms with van der Waals surface area (Å²) in [6, 6.07) is 63.4. The fraction of sp³-hybridized carbons (Fsp3) is 0.0455. The van der Waals surface area contributed by atoms with Gasteiger partial charge in [-0.15, -0.1) is 0 Å². The lowest BCUT2D eigenvalue weighted by molar-refractivity contribution is 0.998. The van der Waals surface area contributed by atoms with E-state index in [9.17, 15) is 0 Å². The highest BCUT2D eigenvalue weighted by molar-refractivity contribution is 6.12. The minimum absolute atomic E-state index is 0.996. The molecule has 2 heterocycles. The Hall–Kier alpha value is -6.06. The molecule has 1 aliphatic heterocycles. The van der Waals surface area contributed by atoms with Gasteiger partial charge in [0.25, 0.3) is 0 Å². The van der Waals surface area contributed by atoms with Crippen molar-refractivity contribution in [3.63, 3.8) is 0 Å². The lowest BCUT2D eigenvalue weighted by Crippen LogP contribution is -2.12. The fourth-order valence-electron chi connectivity index (χ4n) is 7.22. The van der Waals surface area contributed by atoms with Crippen molar-refractivity contribution in [3.8, 4) is 16.8 Å². The summed E-state index contributed by atoms with van der Waals surface area (Å²) in [5.74, 6) is 0. The average molecular weight is 604 g/mol. The SMILES string of the molecule is c1ccc(N2CCc3cc4c(cc32)c2cc(-c3ccc(N(c5ccccc5)c5ccccc5)cc3)ccc2n4-c2ccccc2)cc1. The number of benzene rings is 7. The van der Waals surface area contributed by atoms with Gasteiger partial charge in [-0.05, 0) is 108 Å². The van der Waals surface area contributed by atoms with Gasteiger partial charge in [0.2, 0.25) is 0 Å². The van der Waals surface area contributed by atoms with Crippen molar-refractivity contribution in [2.45, 2.75) is 6.42 Å². The average Bonchev–Trinajstić information content (AvgIpc) is 3.71. The van der Waals surface area contributed by atoms with E-state index in [1.165, 1.54) is 55.6 Å². The number of aromatic nitrogens is 1. The van der Waals surface area contributed by atoms with Gasteiger partial charge in [-0.1, -0.05) is 91.0 Å². The summed E-state index contributed by atoms with van der Waals surface area (Å²) in [4.78, 5) is 4.77. The highest BCUT2D eigenvalue weighted by Gasteiger charge is 2.24. The molecule has 1 aliphatic rings. The third-order valence-electron chi connectivity index (χ3n) is 9.43. The summed E-state index contributed by atoms with van der Waals surface area (Å²) < 4.78 is 2.43. The van der Waals surface area contributed by atoms with Crippen molar-refractivity contribution in [2.24, 2.45) is 0 Å². The van der Waals surface area contributed by atoms with Crippen LogP contribution < -0.4 is 9.80 Å². The summed E-state index contributed by atoms with van der Waals surface area (Å²) >= 11 is 0. The van der Waals surface area contributed by atoms with Crippen LogP contribution >= 0.6 is 0 Å². The van der Waals surface area contributed by atoms with Gasteiger partial charge in [0.1, 0.15) is 0 Å². The van der Waals surface area contributed by atoms with E-state index in [1.807, 2.05) is 0 Å². The molecular weight excluding hydrogens is 571 g/mol. The van der Waals surface area contributed by atoms with Crippen molar-refractivity contribution >= 4 is 50.2 Å². The molecule has 1 aromatic heterocycles. The number of rotatable bonds is 6. The van der Waals surface area contributed by atoms with E-state index in [0.29, 0.717) is 0 Å². The van der Waals surface area contributed by atoms with Gasteiger partial charge < -0.3 is 14.4 Å². The Morgan fingerprint density at radius 2 is 0.957 bits per heavy atom. The van der Waals surface area contributed by atoms with Crippen LogP contribution in [0.1, 0.15) is 5.56 Å². The second-order valence-electron chi connectivity index (χ2n) is 12.2. The van der Waals surface area contributed by atoms with Crippen molar-refractivity contribution in [1.82, 2.24) is 4.57 Å². The van der Waals surface area contributed by atoms with E-state index >= 15 is 0 Å². The molecule has 3 heteroatoms. The molecule has 47 heavy (non-hydrogen) atoms. The van der Waals surface area contributed by atoms with Crippen LogP contribution in [0.4, 0.5) is 28.4 Å². The predicted octanol–water partition coefficient (Wildman–Crippen LogP) is 11.6. The van der Waals surface area contributed by atoms with Gasteiger partial charge in [0, 0.05) is 51.4 Å². The molecule has 7 aromatic carbocycles. The molecule has 0 saturated heterocycles. The Balaban J connectivity index is 1.18. The normalized spacial score (nSPS) is 12.5. The molecule has 0 N–H and O–H groups in total. The first-order valence-corrected chi connectivity index (χ1v) is 16.3. The zero-order chi connectivity index (χ0) is 31.2. The minimum atomic E-state index is 0.996. The third kappa shape index (κ3) is 4.76. The number of nitrogens with zero attached hydrogens (tertiary/aromatic N) is 3. The van der Waals surface area contributed by atoms with Crippen LogP contribution in [0.3, 0.4) is 0 Å². The van der Waals surface area contributed by atoms with Gasteiger partial charge in [-0.2, -0.15) is 0 Å². The zero-order valence-electron chi connectivity index (χ0n) is 26.0. The van der Waals surface area contributed by atoms with Crippen molar-refractivity contribution in [2.75, 3.05) is 16.3 Å². The number of fused-ring (bicyclic) bond motifs is 4. The quantitative estimate of drug-likeness (QED) is 0.187. The number of hydrogen-bond acceptors (Lipinski definition) is 2. The van der Waals surface area contributed by atoms with Crippen molar-refractivity contribution < 1.29 is 0 Å². The molecule has 0 saturated carbocycles. The Bertz CT molecular complexity index is 2290. The first-order chi connectivity index (χ1) is 23.3. The molecule has 0 bridgehead atoms. The Kier molecular flexibility index (Phi) is 6.60. The Morgan fingerprint density at radius 1 is 0.426 bits per heavy atom. The minimum Gasteiger partial charge on any atom is -0.341 e. The van der Waals surface area contributed by atoms with E-state index in [-0.39, 0.29) is 0 Å². The summed E-state index contributed by atoms with van der Waals surface area (Å²) in [7, 11) is 0. The lowest BCUT2D eigenvalue weighted by atomic mass is 10.0. The second kappa shape index (κ2) is 11.4. The van der Waals surface area contributed by atoms with E-state index in [2.05, 4.69) is 190 Å². The van der Waals surface area contributed by atoms with Crippen LogP contribution in [-0.2, 0) is 6.42 Å². The Labute approximate surface area is 275 Å². The first kappa shape index (κ1) is 27.3. The van der Waals surface area contributed by atoms with E-state index in [1.54, 1.807) is 0 Å². The van der Waals surface area contributed by atoms with Gasteiger partial charge in [0.05, 0.1) is 11.0 Å². The number of hydrogen-bond donors (Lipinski definition) is 0. The highest BCUT2D eigenvalue weighted by atomic mass is 15.2. The van der Waals surface area contributed by atoms with Gasteiger partial charge in [0.15, 0.2) is 0 Å². The lowest BCUT2D eigenvalue weighted by Gasteiger charge is -2.25. The number of anilines is 5. The summed E-state index contributed by atoms with van der Waals surface area (Å²) in [6.45, 7) is 0.996. The molecule has 0 aliphatic carbocycles. The van der Waals surface area contributed by atoms with Crippen LogP contribution in [0.15, 0.2) is 176 Å². The third-order valence-corrected chi connectivity index (χ3v) is 9.43. The maximum absolute atomic E-state index is 2.47. The van der Waals surface area contributed by atoms with Crippen LogP contribution in [0.25, 0.3) is 38.6 Å². The molecule has 3 nitrogen and oxygen atoms in total. The molecular formula is C44H33N3. The molecule has 0 spiro atoms. The van der Waals surface area contributed by atoms with Crippen LogP contribution in [-0.4, -0.2) is 11.1 Å². The van der Waals surface area contributed by atoms with E-state index in [0.717, 1.165) is 30.0 Å².